The van der Waals surface area contributed by atoms with Crippen LogP contribution in [0.4, 0.5) is 11.4 Å². The number of nitro groups is 1. The summed E-state index contributed by atoms with van der Waals surface area (Å²) in [5.74, 6) is -0.112. The molecule has 0 aliphatic heterocycles. The van der Waals surface area contributed by atoms with Crippen molar-refractivity contribution in [1.82, 2.24) is 4.90 Å². The maximum Gasteiger partial charge on any atom is 0.271 e. The van der Waals surface area contributed by atoms with Gasteiger partial charge in [-0.3, -0.25) is 19.8 Å². The van der Waals surface area contributed by atoms with Crippen LogP contribution in [0.5, 0.6) is 0 Å². The van der Waals surface area contributed by atoms with Crippen molar-refractivity contribution >= 4 is 28.6 Å². The number of benzene rings is 1. The van der Waals surface area contributed by atoms with Gasteiger partial charge in [0, 0.05) is 37.7 Å². The van der Waals surface area contributed by atoms with Gasteiger partial charge in [0.2, 0.25) is 5.91 Å². The number of carbonyl (C=O) groups is 1. The number of nitrogens with zero attached hydrogens (tertiary/aromatic N) is 2. The van der Waals surface area contributed by atoms with Crippen molar-refractivity contribution in [1.29, 1.82) is 0 Å². The summed E-state index contributed by atoms with van der Waals surface area (Å²) in [7, 11) is 0. The van der Waals surface area contributed by atoms with Crippen molar-refractivity contribution in [3.05, 3.63) is 56.3 Å². The normalized spacial score (nSPS) is 13.8. The lowest BCUT2D eigenvalue weighted by molar-refractivity contribution is -0.384. The lowest BCUT2D eigenvalue weighted by Crippen LogP contribution is -2.29. The van der Waals surface area contributed by atoms with E-state index < -0.39 is 4.92 Å². The molecule has 0 radical (unpaired) electrons. The third-order valence-corrected chi connectivity index (χ3v) is 5.09. The molecule has 1 N–H and O–H groups in total. The fraction of sp³-hybridized carbons (Fsp3) is 0.389. The van der Waals surface area contributed by atoms with Gasteiger partial charge in [-0.05, 0) is 47.7 Å². The molecule has 0 bridgehead atoms. The van der Waals surface area contributed by atoms with Gasteiger partial charge < -0.3 is 5.32 Å². The van der Waals surface area contributed by atoms with Gasteiger partial charge in [0.15, 0.2) is 0 Å². The highest BCUT2D eigenvalue weighted by Crippen LogP contribution is 2.29. The summed E-state index contributed by atoms with van der Waals surface area (Å²) in [6, 6.07) is 7.21. The van der Waals surface area contributed by atoms with Gasteiger partial charge in [0.25, 0.3) is 5.69 Å². The first-order chi connectivity index (χ1) is 12.0. The van der Waals surface area contributed by atoms with E-state index in [1.807, 2.05) is 6.92 Å². The molecule has 6 nitrogen and oxygen atoms in total. The molecule has 0 unspecified atom stereocenters. The molecule has 1 fully saturated rings. The molecule has 0 spiro atoms. The van der Waals surface area contributed by atoms with E-state index in [2.05, 4.69) is 27.0 Å². The first kappa shape index (κ1) is 17.6. The number of thiophene rings is 1. The molecule has 7 heteroatoms. The van der Waals surface area contributed by atoms with E-state index in [0.29, 0.717) is 24.7 Å². The topological polar surface area (TPSA) is 75.5 Å². The average molecular weight is 359 g/mol. The Labute approximate surface area is 150 Å². The minimum absolute atomic E-state index is 0.0158. The quantitative estimate of drug-likeness (QED) is 0.572. The molecule has 2 aromatic rings. The van der Waals surface area contributed by atoms with Gasteiger partial charge in [-0.1, -0.05) is 6.07 Å². The number of aryl methyl sites for hydroxylation is 1. The molecule has 1 aliphatic rings. The van der Waals surface area contributed by atoms with Gasteiger partial charge >= 0.3 is 0 Å². The first-order valence-corrected chi connectivity index (χ1v) is 9.27. The lowest BCUT2D eigenvalue weighted by Gasteiger charge is -2.21. The number of rotatable bonds is 8. The second-order valence-electron chi connectivity index (χ2n) is 6.39. The Hall–Kier alpha value is -2.25. The van der Waals surface area contributed by atoms with E-state index in [1.165, 1.54) is 30.5 Å². The van der Waals surface area contributed by atoms with E-state index in [9.17, 15) is 14.9 Å². The van der Waals surface area contributed by atoms with Crippen LogP contribution in [0.15, 0.2) is 35.0 Å². The molecule has 1 aromatic heterocycles. The van der Waals surface area contributed by atoms with Gasteiger partial charge in [-0.2, -0.15) is 11.3 Å². The van der Waals surface area contributed by atoms with Crippen molar-refractivity contribution < 1.29 is 9.72 Å². The van der Waals surface area contributed by atoms with Crippen molar-refractivity contribution in [2.75, 3.05) is 11.9 Å². The smallest absolute Gasteiger partial charge is 0.271 e. The highest BCUT2D eigenvalue weighted by atomic mass is 32.1. The Bertz CT molecular complexity index is 757. The lowest BCUT2D eigenvalue weighted by atomic mass is 10.1. The van der Waals surface area contributed by atoms with Crippen LogP contribution in [0.2, 0.25) is 0 Å². The molecule has 1 aliphatic carbocycles. The van der Waals surface area contributed by atoms with Crippen LogP contribution in [-0.2, 0) is 11.3 Å². The molecule has 25 heavy (non-hydrogen) atoms. The Kier molecular flexibility index (Phi) is 5.45. The number of hydrogen-bond donors (Lipinski definition) is 1. The summed E-state index contributed by atoms with van der Waals surface area (Å²) >= 11 is 1.68. The second kappa shape index (κ2) is 7.76. The minimum atomic E-state index is -0.454. The van der Waals surface area contributed by atoms with Crippen molar-refractivity contribution in [3.8, 4) is 0 Å². The number of nitro benzene ring substituents is 1. The predicted octanol–water partition coefficient (Wildman–Crippen LogP) is 3.96. The molecule has 1 saturated carbocycles. The van der Waals surface area contributed by atoms with Crippen molar-refractivity contribution in [2.45, 2.75) is 38.8 Å². The van der Waals surface area contributed by atoms with E-state index >= 15 is 0 Å². The third kappa shape index (κ3) is 4.87. The summed E-state index contributed by atoms with van der Waals surface area (Å²) in [5.41, 5.74) is 2.59. The third-order valence-electron chi connectivity index (χ3n) is 4.36. The van der Waals surface area contributed by atoms with E-state index in [0.717, 1.165) is 12.1 Å². The van der Waals surface area contributed by atoms with Gasteiger partial charge in [0.05, 0.1) is 10.6 Å². The van der Waals surface area contributed by atoms with Crippen LogP contribution in [-0.4, -0.2) is 28.3 Å². The van der Waals surface area contributed by atoms with E-state index in [4.69, 9.17) is 0 Å². The molecule has 0 saturated heterocycles. The molecule has 0 atom stereocenters. The number of non-ortho nitro benzene ring substituents is 1. The van der Waals surface area contributed by atoms with Crippen molar-refractivity contribution in [3.63, 3.8) is 0 Å². The monoisotopic (exact) mass is 359 g/mol. The highest BCUT2D eigenvalue weighted by molar-refractivity contribution is 7.07. The number of carbonyl (C=O) groups excluding carboxylic acids is 1. The molecule has 1 aromatic carbocycles. The Morgan fingerprint density at radius 1 is 1.40 bits per heavy atom. The van der Waals surface area contributed by atoms with Crippen LogP contribution >= 0.6 is 11.3 Å². The standard InChI is InChI=1S/C18H21N3O3S/c1-13-2-3-16(21(23)24)10-17(13)19-18(22)6-8-20(15-4-5-15)11-14-7-9-25-12-14/h2-3,7,9-10,12,15H,4-6,8,11H2,1H3,(H,19,22). The van der Waals surface area contributed by atoms with Crippen LogP contribution in [0, 0.1) is 17.0 Å². The highest BCUT2D eigenvalue weighted by Gasteiger charge is 2.29. The predicted molar refractivity (Wildman–Crippen MR) is 98.8 cm³/mol. The Morgan fingerprint density at radius 2 is 2.20 bits per heavy atom. The minimum Gasteiger partial charge on any atom is -0.326 e. The molecule has 3 rings (SSSR count). The summed E-state index contributed by atoms with van der Waals surface area (Å²) in [5, 5.41) is 17.9. The van der Waals surface area contributed by atoms with Gasteiger partial charge in [-0.15, -0.1) is 0 Å². The molecule has 1 amide bonds. The van der Waals surface area contributed by atoms with Crippen LogP contribution in [0.3, 0.4) is 0 Å². The zero-order valence-electron chi connectivity index (χ0n) is 14.1. The molecular weight excluding hydrogens is 338 g/mol. The van der Waals surface area contributed by atoms with E-state index in [1.54, 1.807) is 17.4 Å². The maximum atomic E-state index is 12.3. The van der Waals surface area contributed by atoms with Gasteiger partial charge in [-0.25, -0.2) is 0 Å². The van der Waals surface area contributed by atoms with Crippen LogP contribution in [0.25, 0.3) is 0 Å². The second-order valence-corrected chi connectivity index (χ2v) is 7.17. The SMILES string of the molecule is Cc1ccc([N+](=O)[O-])cc1NC(=O)CCN(Cc1ccsc1)C1CC1. The zero-order chi connectivity index (χ0) is 17.8. The molecule has 132 valence electrons. The summed E-state index contributed by atoms with van der Waals surface area (Å²) in [6.07, 6.45) is 2.76. The van der Waals surface area contributed by atoms with Gasteiger partial charge in [0.1, 0.15) is 0 Å². The maximum absolute atomic E-state index is 12.3. The fourth-order valence-electron chi connectivity index (χ4n) is 2.76. The number of amides is 1. The van der Waals surface area contributed by atoms with Crippen LogP contribution < -0.4 is 5.32 Å². The zero-order valence-corrected chi connectivity index (χ0v) is 14.9. The van der Waals surface area contributed by atoms with Crippen LogP contribution in [0.1, 0.15) is 30.4 Å². The summed E-state index contributed by atoms with van der Waals surface area (Å²) in [6.45, 7) is 3.39. The van der Waals surface area contributed by atoms with E-state index in [-0.39, 0.29) is 11.6 Å². The summed E-state index contributed by atoms with van der Waals surface area (Å²) in [4.78, 5) is 25.1. The number of nitrogens with one attached hydrogen (secondary N) is 1. The first-order valence-electron chi connectivity index (χ1n) is 8.33. The molecular formula is C18H21N3O3S. The number of hydrogen-bond acceptors (Lipinski definition) is 5. The fourth-order valence-corrected chi connectivity index (χ4v) is 3.42. The average Bonchev–Trinajstić information content (AvgIpc) is 3.30. The largest absolute Gasteiger partial charge is 0.326 e. The Morgan fingerprint density at radius 3 is 2.84 bits per heavy atom. The van der Waals surface area contributed by atoms with Crippen molar-refractivity contribution in [2.24, 2.45) is 0 Å². The summed E-state index contributed by atoms with van der Waals surface area (Å²) < 4.78 is 0. The number of anilines is 1. The molecule has 1 heterocycles. The Balaban J connectivity index is 1.56.